The number of benzene rings is 1. The number of sulfonamides is 1. The third kappa shape index (κ3) is 3.33. The summed E-state index contributed by atoms with van der Waals surface area (Å²) in [6.45, 7) is 0. The van der Waals surface area contributed by atoms with Crippen LogP contribution in [0.1, 0.15) is 37.3 Å². The van der Waals surface area contributed by atoms with Crippen LogP contribution in [0.4, 0.5) is 0 Å². The molecule has 104 valence electrons. The third-order valence-electron chi connectivity index (χ3n) is 3.40. The van der Waals surface area contributed by atoms with E-state index in [-0.39, 0.29) is 0 Å². The second-order valence-electron chi connectivity index (χ2n) is 4.75. The van der Waals surface area contributed by atoms with Crippen molar-refractivity contribution in [2.45, 2.75) is 37.0 Å². The van der Waals surface area contributed by atoms with Crippen molar-refractivity contribution >= 4 is 16.0 Å². The normalized spacial score (nSPS) is 18.3. The Labute approximate surface area is 112 Å². The molecule has 0 amide bonds. The van der Waals surface area contributed by atoms with Crippen LogP contribution in [0, 0.1) is 0 Å². The standard InChI is InChI=1S/C13H17NO4S/c15-13(16)12(10-6-2-1-3-7-10)14-19(17,18)11-8-4-5-9-11/h1-3,6-7,11-12,14H,4-5,8-9H2,(H,15,16)/t12-/m1/s1. The van der Waals surface area contributed by atoms with Crippen molar-refractivity contribution in [2.24, 2.45) is 0 Å². The number of carboxylic acid groups (broad SMARTS) is 1. The fourth-order valence-corrected chi connectivity index (χ4v) is 4.08. The summed E-state index contributed by atoms with van der Waals surface area (Å²) < 4.78 is 26.6. The Balaban J connectivity index is 2.20. The number of nitrogens with one attached hydrogen (secondary N) is 1. The van der Waals surface area contributed by atoms with E-state index < -0.39 is 27.3 Å². The summed E-state index contributed by atoms with van der Waals surface area (Å²) in [5, 5.41) is 8.75. The Morgan fingerprint density at radius 3 is 2.32 bits per heavy atom. The minimum Gasteiger partial charge on any atom is -0.480 e. The first-order chi connectivity index (χ1) is 9.00. The fourth-order valence-electron chi connectivity index (χ4n) is 2.37. The molecule has 1 fully saturated rings. The van der Waals surface area contributed by atoms with Gasteiger partial charge in [0, 0.05) is 0 Å². The molecule has 1 aromatic rings. The van der Waals surface area contributed by atoms with Crippen LogP contribution in [-0.4, -0.2) is 24.7 Å². The fraction of sp³-hybridized carbons (Fsp3) is 0.462. The van der Waals surface area contributed by atoms with Crippen LogP contribution in [0.5, 0.6) is 0 Å². The molecule has 2 N–H and O–H groups in total. The molecule has 0 saturated heterocycles. The average Bonchev–Trinajstić information content (AvgIpc) is 2.91. The van der Waals surface area contributed by atoms with Gasteiger partial charge in [-0.05, 0) is 18.4 Å². The molecule has 1 atom stereocenters. The van der Waals surface area contributed by atoms with Crippen molar-refractivity contribution in [3.05, 3.63) is 35.9 Å². The number of rotatable bonds is 5. The topological polar surface area (TPSA) is 83.5 Å². The molecule has 6 heteroatoms. The SMILES string of the molecule is O=C(O)[C@H](NS(=O)(=O)C1CCCC1)c1ccccc1. The van der Waals surface area contributed by atoms with E-state index in [1.807, 2.05) is 0 Å². The van der Waals surface area contributed by atoms with Gasteiger partial charge in [-0.3, -0.25) is 4.79 Å². The number of carboxylic acids is 1. The van der Waals surface area contributed by atoms with Gasteiger partial charge in [-0.2, -0.15) is 4.72 Å². The second kappa shape index (κ2) is 5.71. The predicted octanol–water partition coefficient (Wildman–Crippen LogP) is 1.67. The summed E-state index contributed by atoms with van der Waals surface area (Å²) in [5.74, 6) is -1.19. The zero-order chi connectivity index (χ0) is 13.9. The van der Waals surface area contributed by atoms with E-state index in [2.05, 4.69) is 4.72 Å². The van der Waals surface area contributed by atoms with Gasteiger partial charge in [-0.25, -0.2) is 8.42 Å². The quantitative estimate of drug-likeness (QED) is 0.861. The van der Waals surface area contributed by atoms with E-state index in [1.54, 1.807) is 30.3 Å². The summed E-state index contributed by atoms with van der Waals surface area (Å²) in [4.78, 5) is 11.3. The lowest BCUT2D eigenvalue weighted by Gasteiger charge is -2.18. The van der Waals surface area contributed by atoms with Crippen LogP contribution in [0.2, 0.25) is 0 Å². The first-order valence-electron chi connectivity index (χ1n) is 6.29. The molecular weight excluding hydrogens is 266 g/mol. The van der Waals surface area contributed by atoms with Gasteiger partial charge in [0.15, 0.2) is 0 Å². The zero-order valence-corrected chi connectivity index (χ0v) is 11.3. The Bertz CT molecular complexity index is 535. The van der Waals surface area contributed by atoms with E-state index in [0.717, 1.165) is 12.8 Å². The Kier molecular flexibility index (Phi) is 4.21. The molecule has 19 heavy (non-hydrogen) atoms. The maximum atomic E-state index is 12.1. The van der Waals surface area contributed by atoms with Crippen LogP contribution in [0.25, 0.3) is 0 Å². The molecule has 0 aromatic heterocycles. The first kappa shape index (κ1) is 14.0. The molecule has 0 heterocycles. The molecular formula is C13H17NO4S. The van der Waals surface area contributed by atoms with E-state index >= 15 is 0 Å². The highest BCUT2D eigenvalue weighted by Crippen LogP contribution is 2.26. The first-order valence-corrected chi connectivity index (χ1v) is 7.84. The number of hydrogen-bond acceptors (Lipinski definition) is 3. The summed E-state index contributed by atoms with van der Waals surface area (Å²) in [5.41, 5.74) is 0.441. The minimum absolute atomic E-state index is 0.441. The van der Waals surface area contributed by atoms with E-state index in [0.29, 0.717) is 18.4 Å². The van der Waals surface area contributed by atoms with Crippen LogP contribution in [-0.2, 0) is 14.8 Å². The van der Waals surface area contributed by atoms with Crippen LogP contribution < -0.4 is 4.72 Å². The molecule has 1 aliphatic rings. The second-order valence-corrected chi connectivity index (χ2v) is 6.74. The molecule has 0 bridgehead atoms. The Morgan fingerprint density at radius 1 is 1.21 bits per heavy atom. The Hall–Kier alpha value is -1.40. The Morgan fingerprint density at radius 2 is 1.79 bits per heavy atom. The summed E-state index contributed by atoms with van der Waals surface area (Å²) in [7, 11) is -3.58. The highest BCUT2D eigenvalue weighted by atomic mass is 32.2. The summed E-state index contributed by atoms with van der Waals surface area (Å²) in [6, 6.07) is 7.14. The highest BCUT2D eigenvalue weighted by Gasteiger charge is 2.33. The lowest BCUT2D eigenvalue weighted by Crippen LogP contribution is -2.38. The van der Waals surface area contributed by atoms with Crippen LogP contribution in [0.15, 0.2) is 30.3 Å². The van der Waals surface area contributed by atoms with Gasteiger partial charge >= 0.3 is 5.97 Å². The third-order valence-corrected chi connectivity index (χ3v) is 5.32. The van der Waals surface area contributed by atoms with Gasteiger partial charge in [0.2, 0.25) is 10.0 Å². The molecule has 0 spiro atoms. The minimum atomic E-state index is -3.58. The number of aliphatic carboxylic acids is 1. The van der Waals surface area contributed by atoms with Crippen molar-refractivity contribution in [3.63, 3.8) is 0 Å². The highest BCUT2D eigenvalue weighted by molar-refractivity contribution is 7.90. The van der Waals surface area contributed by atoms with Gasteiger partial charge in [0.1, 0.15) is 6.04 Å². The molecule has 1 aromatic carbocycles. The van der Waals surface area contributed by atoms with Gasteiger partial charge in [-0.15, -0.1) is 0 Å². The van der Waals surface area contributed by atoms with Gasteiger partial charge < -0.3 is 5.11 Å². The summed E-state index contributed by atoms with van der Waals surface area (Å²) >= 11 is 0. The maximum Gasteiger partial charge on any atom is 0.326 e. The molecule has 0 radical (unpaired) electrons. The lowest BCUT2D eigenvalue weighted by molar-refractivity contribution is -0.139. The van der Waals surface area contributed by atoms with Crippen LogP contribution >= 0.6 is 0 Å². The van der Waals surface area contributed by atoms with E-state index in [1.165, 1.54) is 0 Å². The van der Waals surface area contributed by atoms with Gasteiger partial charge in [0.25, 0.3) is 0 Å². The molecule has 0 aliphatic heterocycles. The summed E-state index contributed by atoms with van der Waals surface area (Å²) in [6.07, 6.45) is 2.98. The smallest absolute Gasteiger partial charge is 0.326 e. The molecule has 1 aliphatic carbocycles. The predicted molar refractivity (Wildman–Crippen MR) is 71.1 cm³/mol. The largest absolute Gasteiger partial charge is 0.480 e. The number of hydrogen-bond donors (Lipinski definition) is 2. The molecule has 0 unspecified atom stereocenters. The van der Waals surface area contributed by atoms with Crippen LogP contribution in [0.3, 0.4) is 0 Å². The molecule has 5 nitrogen and oxygen atoms in total. The van der Waals surface area contributed by atoms with Crippen molar-refractivity contribution < 1.29 is 18.3 Å². The molecule has 1 saturated carbocycles. The van der Waals surface area contributed by atoms with E-state index in [4.69, 9.17) is 0 Å². The molecule has 2 rings (SSSR count). The number of carbonyl (C=O) groups is 1. The van der Waals surface area contributed by atoms with Crippen molar-refractivity contribution in [3.8, 4) is 0 Å². The van der Waals surface area contributed by atoms with Crippen molar-refractivity contribution in [1.29, 1.82) is 0 Å². The maximum absolute atomic E-state index is 12.1. The lowest BCUT2D eigenvalue weighted by atomic mass is 10.1. The monoisotopic (exact) mass is 283 g/mol. The average molecular weight is 283 g/mol. The van der Waals surface area contributed by atoms with E-state index in [9.17, 15) is 18.3 Å². The van der Waals surface area contributed by atoms with Crippen molar-refractivity contribution in [1.82, 2.24) is 4.72 Å². The van der Waals surface area contributed by atoms with Gasteiger partial charge in [-0.1, -0.05) is 43.2 Å². The zero-order valence-electron chi connectivity index (χ0n) is 10.5. The van der Waals surface area contributed by atoms with Gasteiger partial charge in [0.05, 0.1) is 5.25 Å². The van der Waals surface area contributed by atoms with Crippen molar-refractivity contribution in [2.75, 3.05) is 0 Å².